The van der Waals surface area contributed by atoms with E-state index >= 15 is 0 Å². The van der Waals surface area contributed by atoms with Crippen molar-refractivity contribution in [3.05, 3.63) is 60.4 Å². The third-order valence-electron chi connectivity index (χ3n) is 7.88. The van der Waals surface area contributed by atoms with Crippen molar-refractivity contribution < 1.29 is 9.47 Å². The first-order chi connectivity index (χ1) is 19.3. The number of H-pyrrole nitrogens is 1. The van der Waals surface area contributed by atoms with Gasteiger partial charge in [-0.1, -0.05) is 18.2 Å². The first kappa shape index (κ1) is 24.2. The van der Waals surface area contributed by atoms with Gasteiger partial charge < -0.3 is 30.0 Å². The van der Waals surface area contributed by atoms with Crippen LogP contribution >= 0.6 is 0 Å². The number of fused-ring (bicyclic) bond motifs is 2. The Labute approximate surface area is 227 Å². The number of anilines is 4. The summed E-state index contributed by atoms with van der Waals surface area (Å²) in [5.41, 5.74) is 4.95. The minimum absolute atomic E-state index is 0.244. The number of morpholine rings is 1. The van der Waals surface area contributed by atoms with Gasteiger partial charge in [0.1, 0.15) is 17.4 Å². The highest BCUT2D eigenvalue weighted by Gasteiger charge is 2.27. The summed E-state index contributed by atoms with van der Waals surface area (Å²) in [6, 6.07) is 17.1. The molecule has 7 rings (SSSR count). The maximum absolute atomic E-state index is 6.17. The lowest BCUT2D eigenvalue weighted by atomic mass is 10.0. The smallest absolute Gasteiger partial charge is 0.231 e. The van der Waals surface area contributed by atoms with Crippen LogP contribution in [-0.4, -0.2) is 82.9 Å². The van der Waals surface area contributed by atoms with Gasteiger partial charge in [-0.25, -0.2) is 4.98 Å². The molecule has 5 heterocycles. The summed E-state index contributed by atoms with van der Waals surface area (Å²) in [6.07, 6.45) is 5.00. The zero-order chi connectivity index (χ0) is 26.0. The maximum Gasteiger partial charge on any atom is 0.231 e. The summed E-state index contributed by atoms with van der Waals surface area (Å²) in [4.78, 5) is 22.0. The van der Waals surface area contributed by atoms with Gasteiger partial charge in [0.05, 0.1) is 19.5 Å². The molecule has 0 bridgehead atoms. The van der Waals surface area contributed by atoms with Crippen LogP contribution in [0.1, 0.15) is 18.4 Å². The Balaban J connectivity index is 0.974. The van der Waals surface area contributed by atoms with Crippen LogP contribution in [0.2, 0.25) is 0 Å². The largest absolute Gasteiger partial charge is 0.488 e. The molecule has 10 heteroatoms. The van der Waals surface area contributed by atoms with E-state index in [1.807, 2.05) is 6.07 Å². The van der Waals surface area contributed by atoms with E-state index in [2.05, 4.69) is 77.8 Å². The van der Waals surface area contributed by atoms with Gasteiger partial charge in [-0.05, 0) is 48.7 Å². The highest BCUT2D eigenvalue weighted by molar-refractivity contribution is 5.84. The van der Waals surface area contributed by atoms with Crippen LogP contribution < -0.4 is 20.3 Å². The number of hydrogen-bond acceptors (Lipinski definition) is 9. The monoisotopic (exact) mass is 526 g/mol. The molecule has 0 spiro atoms. The number of rotatable bonds is 7. The summed E-state index contributed by atoms with van der Waals surface area (Å²) in [5.74, 6) is 2.36. The highest BCUT2D eigenvalue weighted by atomic mass is 16.5. The molecule has 4 aromatic rings. The number of aromatic nitrogens is 4. The zero-order valence-corrected chi connectivity index (χ0v) is 22.0. The van der Waals surface area contributed by atoms with E-state index in [4.69, 9.17) is 14.5 Å². The van der Waals surface area contributed by atoms with E-state index < -0.39 is 0 Å². The fraction of sp³-hybridized carbons (Fsp3) is 0.414. The lowest BCUT2D eigenvalue weighted by Gasteiger charge is -2.33. The lowest BCUT2D eigenvalue weighted by molar-refractivity contribution is 0.122. The SMILES string of the molecule is c1ccc2c(c1)CC(CN1CCC(Nc3nc(Nc4ccc(N5CCOCC5)cc4)nc4[nH]cnc34)CC1)O2. The standard InChI is InChI=1S/C29H34N8O2/c1-2-4-25-20(3-1)17-24(39-25)18-36-11-9-22(10-12-36)32-28-26-27(31-19-30-26)34-29(35-28)33-21-5-7-23(8-6-21)37-13-15-38-16-14-37/h1-8,19,22,24H,9-18H2,(H3,30,31,32,33,34,35). The van der Waals surface area contributed by atoms with Gasteiger partial charge in [-0.2, -0.15) is 9.97 Å². The number of para-hydroxylation sites is 1. The van der Waals surface area contributed by atoms with E-state index in [0.717, 1.165) is 93.6 Å². The number of benzene rings is 2. The van der Waals surface area contributed by atoms with E-state index in [9.17, 15) is 0 Å². The Hall–Kier alpha value is -3.89. The van der Waals surface area contributed by atoms with Crippen LogP contribution in [0.5, 0.6) is 5.75 Å². The molecular weight excluding hydrogens is 492 g/mol. The normalized spacial score (nSPS) is 20.1. The second-order valence-corrected chi connectivity index (χ2v) is 10.5. The molecule has 0 saturated carbocycles. The van der Waals surface area contributed by atoms with Crippen molar-refractivity contribution in [2.24, 2.45) is 0 Å². The van der Waals surface area contributed by atoms with Crippen LogP contribution in [0.15, 0.2) is 54.9 Å². The predicted octanol–water partition coefficient (Wildman–Crippen LogP) is 3.81. The Morgan fingerprint density at radius 3 is 2.59 bits per heavy atom. The van der Waals surface area contributed by atoms with Crippen LogP contribution in [-0.2, 0) is 11.2 Å². The molecule has 2 aromatic carbocycles. The van der Waals surface area contributed by atoms with Crippen LogP contribution in [0, 0.1) is 0 Å². The summed E-state index contributed by atoms with van der Waals surface area (Å²) >= 11 is 0. The average Bonchev–Trinajstić information content (AvgIpc) is 3.62. The molecule has 2 saturated heterocycles. The quantitative estimate of drug-likeness (QED) is 0.332. The second-order valence-electron chi connectivity index (χ2n) is 10.5. The number of nitrogens with one attached hydrogen (secondary N) is 3. The first-order valence-electron chi connectivity index (χ1n) is 13.9. The molecule has 0 amide bonds. The molecule has 39 heavy (non-hydrogen) atoms. The van der Waals surface area contributed by atoms with E-state index in [0.29, 0.717) is 12.0 Å². The number of likely N-dealkylation sites (tertiary alicyclic amines) is 1. The van der Waals surface area contributed by atoms with Crippen molar-refractivity contribution in [2.75, 3.05) is 61.5 Å². The van der Waals surface area contributed by atoms with E-state index in [1.54, 1.807) is 6.33 Å². The summed E-state index contributed by atoms with van der Waals surface area (Å²) in [6.45, 7) is 6.42. The Kier molecular flexibility index (Phi) is 6.63. The number of nitrogens with zero attached hydrogens (tertiary/aromatic N) is 5. The molecule has 1 unspecified atom stereocenters. The van der Waals surface area contributed by atoms with Gasteiger partial charge in [0, 0.05) is 56.6 Å². The van der Waals surface area contributed by atoms with Gasteiger partial charge in [-0.3, -0.25) is 4.90 Å². The van der Waals surface area contributed by atoms with Crippen molar-refractivity contribution in [3.8, 4) is 5.75 Å². The number of imidazole rings is 1. The van der Waals surface area contributed by atoms with E-state index in [-0.39, 0.29) is 6.10 Å². The van der Waals surface area contributed by atoms with Gasteiger partial charge in [0.15, 0.2) is 11.5 Å². The third kappa shape index (κ3) is 5.35. The van der Waals surface area contributed by atoms with Gasteiger partial charge in [-0.15, -0.1) is 0 Å². The molecule has 3 N–H and O–H groups in total. The van der Waals surface area contributed by atoms with Crippen LogP contribution in [0.25, 0.3) is 11.2 Å². The Morgan fingerprint density at radius 2 is 1.77 bits per heavy atom. The molecule has 3 aliphatic rings. The molecule has 2 fully saturated rings. The summed E-state index contributed by atoms with van der Waals surface area (Å²) in [7, 11) is 0. The fourth-order valence-electron chi connectivity index (χ4n) is 5.80. The molecule has 1 atom stereocenters. The van der Waals surface area contributed by atoms with Gasteiger partial charge in [0.2, 0.25) is 5.95 Å². The van der Waals surface area contributed by atoms with Crippen LogP contribution in [0.4, 0.5) is 23.1 Å². The Bertz CT molecular complexity index is 1390. The maximum atomic E-state index is 6.17. The van der Waals surface area contributed by atoms with E-state index in [1.165, 1.54) is 11.3 Å². The molecule has 2 aromatic heterocycles. The van der Waals surface area contributed by atoms with Gasteiger partial charge >= 0.3 is 0 Å². The van der Waals surface area contributed by atoms with Crippen molar-refractivity contribution >= 4 is 34.3 Å². The molecule has 0 aliphatic carbocycles. The van der Waals surface area contributed by atoms with Crippen molar-refractivity contribution in [1.29, 1.82) is 0 Å². The number of piperidine rings is 1. The van der Waals surface area contributed by atoms with Crippen molar-refractivity contribution in [2.45, 2.75) is 31.4 Å². The molecule has 10 nitrogen and oxygen atoms in total. The molecular formula is C29H34N8O2. The molecule has 0 radical (unpaired) electrons. The minimum atomic E-state index is 0.244. The first-order valence-corrected chi connectivity index (χ1v) is 13.9. The fourth-order valence-corrected chi connectivity index (χ4v) is 5.80. The predicted molar refractivity (Wildman–Crippen MR) is 152 cm³/mol. The zero-order valence-electron chi connectivity index (χ0n) is 22.0. The second kappa shape index (κ2) is 10.7. The number of hydrogen-bond donors (Lipinski definition) is 3. The van der Waals surface area contributed by atoms with Crippen molar-refractivity contribution in [1.82, 2.24) is 24.8 Å². The number of aromatic amines is 1. The topological polar surface area (TPSA) is 103 Å². The minimum Gasteiger partial charge on any atom is -0.488 e. The van der Waals surface area contributed by atoms with Crippen molar-refractivity contribution in [3.63, 3.8) is 0 Å². The molecule has 3 aliphatic heterocycles. The molecule has 202 valence electrons. The van der Waals surface area contributed by atoms with Crippen LogP contribution in [0.3, 0.4) is 0 Å². The average molecular weight is 527 g/mol. The summed E-state index contributed by atoms with van der Waals surface area (Å²) < 4.78 is 11.6. The highest BCUT2D eigenvalue weighted by Crippen LogP contribution is 2.30. The lowest BCUT2D eigenvalue weighted by Crippen LogP contribution is -2.43. The summed E-state index contributed by atoms with van der Waals surface area (Å²) in [5, 5.41) is 7.04. The Morgan fingerprint density at radius 1 is 0.949 bits per heavy atom. The van der Waals surface area contributed by atoms with Gasteiger partial charge in [0.25, 0.3) is 0 Å². The number of ether oxygens (including phenoxy) is 2. The third-order valence-corrected chi connectivity index (χ3v) is 7.88.